The maximum Gasteiger partial charge on any atom is 0.326 e. The molecule has 1 saturated heterocycles. The van der Waals surface area contributed by atoms with Gasteiger partial charge in [0.25, 0.3) is 0 Å². The minimum Gasteiger partial charge on any atom is -0.493 e. The molecule has 3 aliphatic rings. The van der Waals surface area contributed by atoms with E-state index in [1.807, 2.05) is 106 Å². The first-order valence-electron chi connectivity index (χ1n) is 17.0. The number of ether oxygens (including phenoxy) is 1. The zero-order chi connectivity index (χ0) is 35.5. The molecule has 0 bridgehead atoms. The minimum absolute atomic E-state index is 0.0240. The van der Waals surface area contributed by atoms with E-state index in [1.165, 1.54) is 0 Å². The Kier molecular flexibility index (Phi) is 11.4. The first-order valence-corrected chi connectivity index (χ1v) is 17.7. The summed E-state index contributed by atoms with van der Waals surface area (Å²) in [6, 6.07) is 14.9. The number of aliphatic imine (C=N–C) groups is 1. The van der Waals surface area contributed by atoms with Crippen LogP contribution in [0.4, 0.5) is 4.79 Å². The lowest BCUT2D eigenvalue weighted by Gasteiger charge is -2.39. The minimum atomic E-state index is -0.741. The van der Waals surface area contributed by atoms with Crippen LogP contribution in [0.3, 0.4) is 0 Å². The number of amides is 3. The monoisotopic (exact) mass is 704 g/mol. The number of likely N-dealkylation sites (N-methyl/N-ethyl adjacent to an activating group) is 1. The van der Waals surface area contributed by atoms with E-state index in [-0.39, 0.29) is 29.9 Å². The molecule has 2 aliphatic heterocycles. The number of nitriles is 1. The predicted octanol–water partition coefficient (Wildman–Crippen LogP) is 7.02. The number of halogens is 2. The van der Waals surface area contributed by atoms with Crippen molar-refractivity contribution in [1.82, 2.24) is 19.6 Å². The number of urea groups is 1. The highest BCUT2D eigenvalue weighted by molar-refractivity contribution is 6.31. The summed E-state index contributed by atoms with van der Waals surface area (Å²) in [5, 5.41) is 11.2. The van der Waals surface area contributed by atoms with Gasteiger partial charge in [-0.2, -0.15) is 5.26 Å². The maximum absolute atomic E-state index is 14.9. The Morgan fingerprint density at radius 3 is 2.39 bits per heavy atom. The molecule has 3 amide bonds. The van der Waals surface area contributed by atoms with Crippen LogP contribution in [0.1, 0.15) is 63.8 Å². The summed E-state index contributed by atoms with van der Waals surface area (Å²) >= 11 is 12.7. The fourth-order valence-corrected chi connectivity index (χ4v) is 6.73. The number of carbonyl (C=O) groups excluding carboxylic acids is 2. The lowest BCUT2D eigenvalue weighted by atomic mass is 9.85. The number of amidine groups is 1. The van der Waals surface area contributed by atoms with Crippen LogP contribution in [0.5, 0.6) is 5.75 Å². The molecule has 0 N–H and O–H groups in total. The third kappa shape index (κ3) is 7.98. The lowest BCUT2D eigenvalue weighted by molar-refractivity contribution is -0.132. The Morgan fingerprint density at radius 1 is 1.10 bits per heavy atom. The zero-order valence-electron chi connectivity index (χ0n) is 29.2. The van der Waals surface area contributed by atoms with Crippen LogP contribution in [-0.4, -0.2) is 95.8 Å². The second-order valence-corrected chi connectivity index (χ2v) is 14.6. The van der Waals surface area contributed by atoms with E-state index in [0.29, 0.717) is 73.0 Å². The van der Waals surface area contributed by atoms with E-state index in [2.05, 4.69) is 17.0 Å². The van der Waals surface area contributed by atoms with Gasteiger partial charge in [-0.05, 0) is 82.5 Å². The molecule has 49 heavy (non-hydrogen) atoms. The molecular formula is C38H46Cl2N6O3. The molecule has 0 saturated carbocycles. The summed E-state index contributed by atoms with van der Waals surface area (Å²) in [6.45, 7) is 12.5. The van der Waals surface area contributed by atoms with Gasteiger partial charge in [0.15, 0.2) is 0 Å². The van der Waals surface area contributed by atoms with E-state index in [4.69, 9.17) is 32.9 Å². The number of hydrogen-bond acceptors (Lipinski definition) is 6. The summed E-state index contributed by atoms with van der Waals surface area (Å²) in [4.78, 5) is 40.6. The molecule has 2 heterocycles. The van der Waals surface area contributed by atoms with E-state index in [1.54, 1.807) is 4.90 Å². The van der Waals surface area contributed by atoms with E-state index < -0.39 is 11.5 Å². The summed E-state index contributed by atoms with van der Waals surface area (Å²) in [5.41, 5.74) is 1.67. The Bertz CT molecular complexity index is 1670. The SMILES string of the molecule is CCOc1cc(C(C)(C)C#N)ccc1C1=N[C@@H](C2C=CC(Cl)=CC2)[C@@H](c2ccc(Cl)cc2)N1C(=O)N1CCN(CC(=O)N(C)C(C)C)CC1. The molecule has 1 aliphatic carbocycles. The van der Waals surface area contributed by atoms with Crippen molar-refractivity contribution in [3.05, 3.63) is 87.4 Å². The molecule has 1 unspecified atom stereocenters. The lowest BCUT2D eigenvalue weighted by Crippen LogP contribution is -2.55. The van der Waals surface area contributed by atoms with Crippen LogP contribution < -0.4 is 4.74 Å². The molecule has 3 atom stereocenters. The van der Waals surface area contributed by atoms with Gasteiger partial charge in [-0.15, -0.1) is 0 Å². The molecule has 2 aromatic carbocycles. The van der Waals surface area contributed by atoms with Gasteiger partial charge in [-0.1, -0.05) is 53.6 Å². The van der Waals surface area contributed by atoms with Gasteiger partial charge in [-0.3, -0.25) is 19.6 Å². The number of hydrogen-bond donors (Lipinski definition) is 0. The van der Waals surface area contributed by atoms with Crippen molar-refractivity contribution < 1.29 is 14.3 Å². The van der Waals surface area contributed by atoms with Crippen LogP contribution in [0.2, 0.25) is 5.02 Å². The Balaban J connectivity index is 1.56. The second-order valence-electron chi connectivity index (χ2n) is 13.7. The highest BCUT2D eigenvalue weighted by atomic mass is 35.5. The average molecular weight is 706 g/mol. The van der Waals surface area contributed by atoms with Crippen LogP contribution >= 0.6 is 23.2 Å². The number of piperazine rings is 1. The van der Waals surface area contributed by atoms with E-state index >= 15 is 0 Å². The third-order valence-electron chi connectivity index (χ3n) is 9.74. The number of rotatable bonds is 9. The van der Waals surface area contributed by atoms with E-state index in [9.17, 15) is 14.9 Å². The topological polar surface area (TPSA) is 92.5 Å². The summed E-state index contributed by atoms with van der Waals surface area (Å²) in [5.74, 6) is 1.12. The number of benzene rings is 2. The molecule has 2 aromatic rings. The zero-order valence-corrected chi connectivity index (χ0v) is 30.7. The Labute approximate surface area is 300 Å². The smallest absolute Gasteiger partial charge is 0.326 e. The van der Waals surface area contributed by atoms with Gasteiger partial charge in [0.2, 0.25) is 5.91 Å². The normalized spacial score (nSPS) is 21.3. The number of carbonyl (C=O) groups is 2. The average Bonchev–Trinajstić information content (AvgIpc) is 3.49. The molecule has 1 fully saturated rings. The van der Waals surface area contributed by atoms with Crippen molar-refractivity contribution in [3.63, 3.8) is 0 Å². The van der Waals surface area contributed by atoms with Crippen LogP contribution in [0.15, 0.2) is 70.7 Å². The molecular weight excluding hydrogens is 659 g/mol. The number of allylic oxidation sites excluding steroid dienone is 3. The van der Waals surface area contributed by atoms with Crippen LogP contribution in [0.25, 0.3) is 0 Å². The molecule has 0 radical (unpaired) electrons. The van der Waals surface area contributed by atoms with Crippen molar-refractivity contribution in [2.45, 2.75) is 64.6 Å². The van der Waals surface area contributed by atoms with Crippen molar-refractivity contribution >= 4 is 41.0 Å². The van der Waals surface area contributed by atoms with Gasteiger partial charge >= 0.3 is 6.03 Å². The van der Waals surface area contributed by atoms with Crippen molar-refractivity contribution in [1.29, 1.82) is 5.26 Å². The highest BCUT2D eigenvalue weighted by Crippen LogP contribution is 2.43. The first kappa shape index (κ1) is 36.4. The van der Waals surface area contributed by atoms with E-state index in [0.717, 1.165) is 11.1 Å². The molecule has 0 spiro atoms. The molecule has 5 rings (SSSR count). The van der Waals surface area contributed by atoms with Crippen molar-refractivity contribution in [3.8, 4) is 11.8 Å². The summed E-state index contributed by atoms with van der Waals surface area (Å²) in [7, 11) is 1.82. The van der Waals surface area contributed by atoms with Crippen LogP contribution in [-0.2, 0) is 10.2 Å². The van der Waals surface area contributed by atoms with Gasteiger partial charge < -0.3 is 14.5 Å². The Hall–Kier alpha value is -3.84. The second kappa shape index (κ2) is 15.4. The van der Waals surface area contributed by atoms with Gasteiger partial charge in [-0.25, -0.2) is 4.79 Å². The third-order valence-corrected chi connectivity index (χ3v) is 10.3. The molecule has 0 aromatic heterocycles. The van der Waals surface area contributed by atoms with Gasteiger partial charge in [0.1, 0.15) is 11.6 Å². The fraction of sp³-hybridized carbons (Fsp3) is 0.474. The predicted molar refractivity (Wildman–Crippen MR) is 195 cm³/mol. The largest absolute Gasteiger partial charge is 0.493 e. The standard InChI is InChI=1S/C38H46Cl2N6O3/c1-7-49-32-22-28(38(4,5)24-41)12-17-31(32)36-42-34(26-8-13-29(39)14-9-26)35(27-10-15-30(40)16-11-27)46(36)37(48)45-20-18-44(19-21-45)23-33(47)43(6)25(2)3/h8,10-17,22,25-26,34-35H,7,9,18-21,23H2,1-6H3/t26?,34-,35+/m0/s1. The number of nitrogens with zero attached hydrogens (tertiary/aromatic N) is 6. The summed E-state index contributed by atoms with van der Waals surface area (Å²) in [6.07, 6.45) is 6.65. The molecule has 11 heteroatoms. The van der Waals surface area contributed by atoms with Gasteiger partial charge in [0, 0.05) is 55.2 Å². The molecule has 260 valence electrons. The quantitative estimate of drug-likeness (QED) is 0.280. The highest BCUT2D eigenvalue weighted by Gasteiger charge is 2.46. The molecule has 9 nitrogen and oxygen atoms in total. The first-order chi connectivity index (χ1) is 23.3. The maximum atomic E-state index is 14.9. The van der Waals surface area contributed by atoms with Crippen molar-refractivity contribution in [2.75, 3.05) is 46.4 Å². The fourth-order valence-electron chi connectivity index (χ4n) is 6.44. The van der Waals surface area contributed by atoms with Crippen molar-refractivity contribution in [2.24, 2.45) is 10.9 Å². The van der Waals surface area contributed by atoms with Gasteiger partial charge in [0.05, 0.1) is 42.3 Å². The Morgan fingerprint density at radius 2 is 1.80 bits per heavy atom. The van der Waals surface area contributed by atoms with Crippen LogP contribution in [0, 0.1) is 17.2 Å². The summed E-state index contributed by atoms with van der Waals surface area (Å²) < 4.78 is 6.20.